The fraction of sp³-hybridized carbons (Fsp3) is 0.429. The minimum absolute atomic E-state index is 0.445. The van der Waals surface area contributed by atoms with Crippen molar-refractivity contribution in [3.05, 3.63) is 41.9 Å². The fourth-order valence-electron chi connectivity index (χ4n) is 2.19. The van der Waals surface area contributed by atoms with E-state index in [2.05, 4.69) is 25.4 Å². The van der Waals surface area contributed by atoms with Crippen LogP contribution in [-0.2, 0) is 0 Å². The van der Waals surface area contributed by atoms with Crippen molar-refractivity contribution in [3.8, 4) is 0 Å². The van der Waals surface area contributed by atoms with Crippen molar-refractivity contribution in [2.45, 2.75) is 20.8 Å². The molecule has 0 bridgehead atoms. The molecule has 1 N–H and O–H groups in total. The number of hydrogen-bond donors (Lipinski definition) is 1. The number of aromatic nitrogens is 1. The molecule has 1 fully saturated rings. The van der Waals surface area contributed by atoms with Gasteiger partial charge < -0.3 is 4.90 Å². The summed E-state index contributed by atoms with van der Waals surface area (Å²) >= 11 is 0. The van der Waals surface area contributed by atoms with Gasteiger partial charge in [-0.15, -0.1) is 0 Å². The van der Waals surface area contributed by atoms with Crippen LogP contribution in [0.2, 0.25) is 0 Å². The molecular formula is C14H19N3. The summed E-state index contributed by atoms with van der Waals surface area (Å²) in [5.41, 5.74) is 2.71. The third kappa shape index (κ3) is 2.09. The molecule has 2 rings (SSSR count). The predicted octanol–water partition coefficient (Wildman–Crippen LogP) is 2.82. The van der Waals surface area contributed by atoms with Crippen molar-refractivity contribution < 1.29 is 0 Å². The van der Waals surface area contributed by atoms with Crippen LogP contribution in [0.3, 0.4) is 0 Å². The Hall–Kier alpha value is -1.64. The van der Waals surface area contributed by atoms with E-state index in [0.29, 0.717) is 17.7 Å². The van der Waals surface area contributed by atoms with E-state index in [1.54, 1.807) is 0 Å². The second-order valence-electron chi connectivity index (χ2n) is 4.88. The van der Waals surface area contributed by atoms with Crippen LogP contribution < -0.4 is 0 Å². The van der Waals surface area contributed by atoms with Gasteiger partial charge in [-0.3, -0.25) is 5.41 Å². The molecule has 3 heteroatoms. The average molecular weight is 229 g/mol. The number of nitrogens with zero attached hydrogens (tertiary/aromatic N) is 2. The molecule has 17 heavy (non-hydrogen) atoms. The van der Waals surface area contributed by atoms with Gasteiger partial charge in [0.05, 0.1) is 0 Å². The summed E-state index contributed by atoms with van der Waals surface area (Å²) in [6.45, 7) is 11.3. The van der Waals surface area contributed by atoms with Crippen LogP contribution in [0.15, 0.2) is 30.5 Å². The summed E-state index contributed by atoms with van der Waals surface area (Å²) in [4.78, 5) is 6.38. The van der Waals surface area contributed by atoms with E-state index in [0.717, 1.165) is 23.6 Å². The summed E-state index contributed by atoms with van der Waals surface area (Å²) < 4.78 is 0. The van der Waals surface area contributed by atoms with E-state index < -0.39 is 0 Å². The van der Waals surface area contributed by atoms with Crippen LogP contribution in [-0.4, -0.2) is 22.3 Å². The molecule has 2 atom stereocenters. The lowest BCUT2D eigenvalue weighted by atomic mass is 9.99. The SMILES string of the molecule is C=C1C(C)C(C)CN1C(=N)c1cccc(C)n1. The highest BCUT2D eigenvalue weighted by Gasteiger charge is 2.32. The molecule has 1 aliphatic rings. The summed E-state index contributed by atoms with van der Waals surface area (Å²) in [5, 5.41) is 8.24. The maximum Gasteiger partial charge on any atom is 0.151 e. The van der Waals surface area contributed by atoms with E-state index in [1.807, 2.05) is 30.0 Å². The van der Waals surface area contributed by atoms with Crippen LogP contribution in [0.1, 0.15) is 25.2 Å². The van der Waals surface area contributed by atoms with E-state index in [4.69, 9.17) is 5.41 Å². The first-order valence-electron chi connectivity index (χ1n) is 5.99. The lowest BCUT2D eigenvalue weighted by Crippen LogP contribution is -2.28. The van der Waals surface area contributed by atoms with Gasteiger partial charge in [0.1, 0.15) is 5.69 Å². The van der Waals surface area contributed by atoms with Gasteiger partial charge in [-0.2, -0.15) is 0 Å². The van der Waals surface area contributed by atoms with Crippen molar-refractivity contribution in [3.63, 3.8) is 0 Å². The summed E-state index contributed by atoms with van der Waals surface area (Å²) in [6, 6.07) is 5.77. The Labute approximate surface area is 103 Å². The molecule has 0 radical (unpaired) electrons. The molecule has 1 aliphatic heterocycles. The maximum absolute atomic E-state index is 8.24. The van der Waals surface area contributed by atoms with Gasteiger partial charge in [0, 0.05) is 23.9 Å². The zero-order valence-electron chi connectivity index (χ0n) is 10.7. The number of aryl methyl sites for hydroxylation is 1. The highest BCUT2D eigenvalue weighted by atomic mass is 15.2. The van der Waals surface area contributed by atoms with Crippen LogP contribution in [0.4, 0.5) is 0 Å². The molecule has 0 aromatic carbocycles. The first-order valence-corrected chi connectivity index (χ1v) is 5.99. The first kappa shape index (κ1) is 11.8. The zero-order chi connectivity index (χ0) is 12.6. The molecule has 0 aliphatic carbocycles. The van der Waals surface area contributed by atoms with Crippen molar-refractivity contribution >= 4 is 5.84 Å². The summed E-state index contributed by atoms with van der Waals surface area (Å²) in [5.74, 6) is 1.46. The van der Waals surface area contributed by atoms with E-state index in [1.165, 1.54) is 0 Å². The first-order chi connectivity index (χ1) is 8.00. The number of hydrogen-bond acceptors (Lipinski definition) is 2. The molecule has 0 spiro atoms. The fourth-order valence-corrected chi connectivity index (χ4v) is 2.19. The predicted molar refractivity (Wildman–Crippen MR) is 70.0 cm³/mol. The molecule has 0 saturated carbocycles. The maximum atomic E-state index is 8.24. The third-order valence-corrected chi connectivity index (χ3v) is 3.60. The van der Waals surface area contributed by atoms with Gasteiger partial charge in [-0.25, -0.2) is 4.98 Å². The zero-order valence-corrected chi connectivity index (χ0v) is 10.7. The van der Waals surface area contributed by atoms with E-state index in [-0.39, 0.29) is 0 Å². The Balaban J connectivity index is 2.25. The Morgan fingerprint density at radius 2 is 2.18 bits per heavy atom. The Kier molecular flexibility index (Phi) is 3.01. The second kappa shape index (κ2) is 4.32. The number of allylic oxidation sites excluding steroid dienone is 1. The minimum Gasteiger partial charge on any atom is -0.329 e. The monoisotopic (exact) mass is 229 g/mol. The number of pyridine rings is 1. The Morgan fingerprint density at radius 1 is 1.47 bits per heavy atom. The topological polar surface area (TPSA) is 40.0 Å². The van der Waals surface area contributed by atoms with E-state index >= 15 is 0 Å². The van der Waals surface area contributed by atoms with Gasteiger partial charge in [0.15, 0.2) is 5.84 Å². The van der Waals surface area contributed by atoms with Gasteiger partial charge in [0.25, 0.3) is 0 Å². The highest BCUT2D eigenvalue weighted by molar-refractivity contribution is 5.96. The molecule has 1 aromatic heterocycles. The van der Waals surface area contributed by atoms with Gasteiger partial charge in [0.2, 0.25) is 0 Å². The summed E-state index contributed by atoms with van der Waals surface area (Å²) in [6.07, 6.45) is 0. The highest BCUT2D eigenvalue weighted by Crippen LogP contribution is 2.31. The molecule has 1 aromatic rings. The van der Waals surface area contributed by atoms with Gasteiger partial charge in [-0.05, 0) is 25.0 Å². The third-order valence-electron chi connectivity index (χ3n) is 3.60. The standard InChI is InChI=1S/C14H19N3/c1-9-8-17(12(4)11(9)3)14(15)13-7-5-6-10(2)16-13/h5-7,9,11,15H,4,8H2,1-3H3. The van der Waals surface area contributed by atoms with Gasteiger partial charge >= 0.3 is 0 Å². The van der Waals surface area contributed by atoms with Crippen molar-refractivity contribution in [1.82, 2.24) is 9.88 Å². The average Bonchev–Trinajstić information content (AvgIpc) is 2.56. The molecule has 2 unspecified atom stereocenters. The molecule has 0 amide bonds. The lowest BCUT2D eigenvalue weighted by Gasteiger charge is -2.20. The van der Waals surface area contributed by atoms with Crippen LogP contribution in [0, 0.1) is 24.2 Å². The molecule has 90 valence electrons. The normalized spacial score (nSPS) is 24.2. The largest absolute Gasteiger partial charge is 0.329 e. The molecule has 3 nitrogen and oxygen atoms in total. The van der Waals surface area contributed by atoms with Crippen molar-refractivity contribution in [2.75, 3.05) is 6.54 Å². The summed E-state index contributed by atoms with van der Waals surface area (Å²) in [7, 11) is 0. The van der Waals surface area contributed by atoms with Crippen molar-refractivity contribution in [2.24, 2.45) is 11.8 Å². The number of rotatable bonds is 1. The van der Waals surface area contributed by atoms with Crippen LogP contribution in [0.5, 0.6) is 0 Å². The second-order valence-corrected chi connectivity index (χ2v) is 4.88. The smallest absolute Gasteiger partial charge is 0.151 e. The molecular weight excluding hydrogens is 210 g/mol. The minimum atomic E-state index is 0.445. The van der Waals surface area contributed by atoms with Crippen LogP contribution >= 0.6 is 0 Å². The Morgan fingerprint density at radius 3 is 2.71 bits per heavy atom. The number of nitrogens with one attached hydrogen (secondary N) is 1. The van der Waals surface area contributed by atoms with E-state index in [9.17, 15) is 0 Å². The van der Waals surface area contributed by atoms with Crippen LogP contribution in [0.25, 0.3) is 0 Å². The number of amidine groups is 1. The number of likely N-dealkylation sites (tertiary alicyclic amines) is 1. The molecule has 2 heterocycles. The molecule has 1 saturated heterocycles. The van der Waals surface area contributed by atoms with Gasteiger partial charge in [-0.1, -0.05) is 26.5 Å². The van der Waals surface area contributed by atoms with Crippen molar-refractivity contribution in [1.29, 1.82) is 5.41 Å². The lowest BCUT2D eigenvalue weighted by molar-refractivity contribution is 0.493. The quantitative estimate of drug-likeness (QED) is 0.594. The Bertz CT molecular complexity index is 464.